The van der Waals surface area contributed by atoms with Gasteiger partial charge in [-0.05, 0) is 43.7 Å². The van der Waals surface area contributed by atoms with Crippen molar-refractivity contribution in [2.45, 2.75) is 20.0 Å². The fraction of sp³-hybridized carbons (Fsp3) is 0.263. The van der Waals surface area contributed by atoms with E-state index in [9.17, 15) is 4.79 Å². The summed E-state index contributed by atoms with van der Waals surface area (Å²) in [4.78, 5) is 11.8. The van der Waals surface area contributed by atoms with E-state index in [4.69, 9.17) is 21.1 Å². The number of rotatable bonds is 8. The smallest absolute Gasteiger partial charge is 0.259 e. The van der Waals surface area contributed by atoms with E-state index in [1.807, 2.05) is 44.2 Å². The molecule has 2 N–H and O–H groups in total. The van der Waals surface area contributed by atoms with E-state index < -0.39 is 0 Å². The first-order chi connectivity index (χ1) is 12.5. The quantitative estimate of drug-likeness (QED) is 0.545. The largest absolute Gasteiger partial charge is 0.493 e. The van der Waals surface area contributed by atoms with Crippen LogP contribution in [-0.4, -0.2) is 31.9 Å². The van der Waals surface area contributed by atoms with Gasteiger partial charge in [-0.25, -0.2) is 5.43 Å². The number of ether oxygens (including phenoxy) is 2. The number of nitrogens with one attached hydrogen (secondary N) is 2. The van der Waals surface area contributed by atoms with E-state index in [2.05, 4.69) is 15.8 Å². The minimum Gasteiger partial charge on any atom is -0.493 e. The van der Waals surface area contributed by atoms with Crippen LogP contribution in [0.25, 0.3) is 0 Å². The fourth-order valence-electron chi connectivity index (χ4n) is 2.12. The molecule has 0 aliphatic rings. The highest BCUT2D eigenvalue weighted by Gasteiger charge is 2.12. The number of hydrazone groups is 1. The van der Waals surface area contributed by atoms with Crippen molar-refractivity contribution in [3.8, 4) is 11.5 Å². The van der Waals surface area contributed by atoms with Gasteiger partial charge >= 0.3 is 0 Å². The molecule has 0 spiro atoms. The number of nitrogens with zero attached hydrogens (tertiary/aromatic N) is 1. The average molecular weight is 376 g/mol. The van der Waals surface area contributed by atoms with Crippen LogP contribution < -0.4 is 20.2 Å². The van der Waals surface area contributed by atoms with E-state index in [-0.39, 0.29) is 18.6 Å². The highest BCUT2D eigenvalue weighted by atomic mass is 35.5. The lowest BCUT2D eigenvalue weighted by molar-refractivity contribution is -0.119. The van der Waals surface area contributed by atoms with Crippen LogP contribution in [0.3, 0.4) is 0 Å². The molecule has 0 fully saturated rings. The first kappa shape index (κ1) is 19.6. The van der Waals surface area contributed by atoms with Crippen LogP contribution in [0.15, 0.2) is 47.6 Å². The maximum Gasteiger partial charge on any atom is 0.259 e. The molecule has 0 aliphatic heterocycles. The third-order valence-corrected chi connectivity index (χ3v) is 3.52. The topological polar surface area (TPSA) is 72.0 Å². The number of para-hydroxylation sites is 1. The lowest BCUT2D eigenvalue weighted by Crippen LogP contribution is -2.25. The summed E-state index contributed by atoms with van der Waals surface area (Å²) in [7, 11) is 1.54. The van der Waals surface area contributed by atoms with Crippen molar-refractivity contribution >= 4 is 29.4 Å². The maximum atomic E-state index is 11.8. The zero-order valence-corrected chi connectivity index (χ0v) is 15.7. The van der Waals surface area contributed by atoms with E-state index in [0.29, 0.717) is 22.1 Å². The maximum absolute atomic E-state index is 11.8. The number of anilines is 1. The Balaban J connectivity index is 1.95. The van der Waals surface area contributed by atoms with Gasteiger partial charge in [-0.1, -0.05) is 29.8 Å². The summed E-state index contributed by atoms with van der Waals surface area (Å²) in [5.74, 6) is 0.727. The van der Waals surface area contributed by atoms with Crippen molar-refractivity contribution in [3.05, 3.63) is 53.1 Å². The van der Waals surface area contributed by atoms with Gasteiger partial charge in [0.05, 0.1) is 31.0 Å². The van der Waals surface area contributed by atoms with Gasteiger partial charge < -0.3 is 14.8 Å². The van der Waals surface area contributed by atoms with Crippen molar-refractivity contribution in [1.29, 1.82) is 0 Å². The van der Waals surface area contributed by atoms with E-state index in [1.54, 1.807) is 12.1 Å². The van der Waals surface area contributed by atoms with Crippen molar-refractivity contribution in [1.82, 2.24) is 5.43 Å². The molecule has 0 radical (unpaired) electrons. The number of methoxy groups -OCH3 is 1. The Bertz CT molecular complexity index is 764. The molecule has 0 saturated carbocycles. The third kappa shape index (κ3) is 5.97. The second-order valence-corrected chi connectivity index (χ2v) is 6.12. The van der Waals surface area contributed by atoms with Crippen molar-refractivity contribution in [2.75, 3.05) is 19.0 Å². The molecule has 0 heterocycles. The molecule has 0 aromatic heterocycles. The van der Waals surface area contributed by atoms with E-state index in [1.165, 1.54) is 13.3 Å². The summed E-state index contributed by atoms with van der Waals surface area (Å²) in [6, 6.07) is 12.9. The molecular weight excluding hydrogens is 354 g/mol. The summed E-state index contributed by atoms with van der Waals surface area (Å²) < 4.78 is 11.0. The van der Waals surface area contributed by atoms with Gasteiger partial charge in [-0.2, -0.15) is 5.10 Å². The Hall–Kier alpha value is -2.73. The summed E-state index contributed by atoms with van der Waals surface area (Å²) in [6.07, 6.45) is 1.46. The molecule has 1 amide bonds. The lowest BCUT2D eigenvalue weighted by atomic mass is 10.2. The molecule has 26 heavy (non-hydrogen) atoms. The first-order valence-corrected chi connectivity index (χ1v) is 8.52. The number of halogens is 1. The Kier molecular flexibility index (Phi) is 7.29. The number of benzene rings is 2. The molecule has 0 saturated heterocycles. The zero-order valence-electron chi connectivity index (χ0n) is 15.0. The molecule has 0 aliphatic carbocycles. The van der Waals surface area contributed by atoms with Gasteiger partial charge in [0, 0.05) is 5.69 Å². The average Bonchev–Trinajstić information content (AvgIpc) is 2.62. The van der Waals surface area contributed by atoms with Crippen LogP contribution in [0.5, 0.6) is 11.5 Å². The Morgan fingerprint density at radius 1 is 1.27 bits per heavy atom. The molecule has 7 heteroatoms. The van der Waals surface area contributed by atoms with Gasteiger partial charge in [0.15, 0.2) is 11.5 Å². The highest BCUT2D eigenvalue weighted by Crippen LogP contribution is 2.36. The SMILES string of the molecule is COc1cc(/C=N\NC(=O)CNc2ccccc2)cc(Cl)c1OC(C)C. The van der Waals surface area contributed by atoms with Gasteiger partial charge in [-0.15, -0.1) is 0 Å². The van der Waals surface area contributed by atoms with E-state index >= 15 is 0 Å². The molecule has 2 aromatic carbocycles. The molecule has 2 aromatic rings. The third-order valence-electron chi connectivity index (χ3n) is 3.24. The standard InChI is InChI=1S/C19H22ClN3O3/c1-13(2)26-19-16(20)9-14(10-17(19)25-3)11-22-23-18(24)12-21-15-7-5-4-6-8-15/h4-11,13,21H,12H2,1-3H3,(H,23,24)/b22-11-. The predicted molar refractivity (Wildman–Crippen MR) is 104 cm³/mol. The van der Waals surface area contributed by atoms with Crippen LogP contribution in [0.2, 0.25) is 5.02 Å². The monoisotopic (exact) mass is 375 g/mol. The van der Waals surface area contributed by atoms with Crippen molar-refractivity contribution in [2.24, 2.45) is 5.10 Å². The Morgan fingerprint density at radius 3 is 2.65 bits per heavy atom. The number of carbonyl (C=O) groups is 1. The molecule has 2 rings (SSSR count). The summed E-state index contributed by atoms with van der Waals surface area (Å²) in [5, 5.41) is 7.36. The number of carbonyl (C=O) groups excluding carboxylic acids is 1. The van der Waals surface area contributed by atoms with Crippen molar-refractivity contribution in [3.63, 3.8) is 0 Å². The molecular formula is C19H22ClN3O3. The van der Waals surface area contributed by atoms with Gasteiger partial charge in [0.2, 0.25) is 0 Å². The molecule has 0 bridgehead atoms. The van der Waals surface area contributed by atoms with Crippen LogP contribution >= 0.6 is 11.6 Å². The van der Waals surface area contributed by atoms with Crippen LogP contribution in [0.4, 0.5) is 5.69 Å². The highest BCUT2D eigenvalue weighted by molar-refractivity contribution is 6.32. The first-order valence-electron chi connectivity index (χ1n) is 8.14. The van der Waals surface area contributed by atoms with Gasteiger partial charge in [0.25, 0.3) is 5.91 Å². The second kappa shape index (κ2) is 9.68. The minimum absolute atomic E-state index is 0.0303. The summed E-state index contributed by atoms with van der Waals surface area (Å²) in [6.45, 7) is 3.93. The van der Waals surface area contributed by atoms with Crippen LogP contribution in [-0.2, 0) is 4.79 Å². The summed E-state index contributed by atoms with van der Waals surface area (Å²) in [5.41, 5.74) is 4.00. The predicted octanol–water partition coefficient (Wildman–Crippen LogP) is 3.70. The van der Waals surface area contributed by atoms with Crippen LogP contribution in [0.1, 0.15) is 19.4 Å². The zero-order chi connectivity index (χ0) is 18.9. The number of hydrogen-bond donors (Lipinski definition) is 2. The lowest BCUT2D eigenvalue weighted by Gasteiger charge is -2.15. The number of hydrogen-bond acceptors (Lipinski definition) is 5. The second-order valence-electron chi connectivity index (χ2n) is 5.71. The van der Waals surface area contributed by atoms with Crippen LogP contribution in [0, 0.1) is 0 Å². The molecule has 0 unspecified atom stereocenters. The van der Waals surface area contributed by atoms with E-state index in [0.717, 1.165) is 5.69 Å². The van der Waals surface area contributed by atoms with Crippen molar-refractivity contribution < 1.29 is 14.3 Å². The normalized spacial score (nSPS) is 10.8. The van der Waals surface area contributed by atoms with Gasteiger partial charge in [-0.3, -0.25) is 4.79 Å². The fourth-order valence-corrected chi connectivity index (χ4v) is 2.38. The molecule has 0 atom stereocenters. The molecule has 6 nitrogen and oxygen atoms in total. The molecule has 138 valence electrons. The minimum atomic E-state index is -0.261. The Morgan fingerprint density at radius 2 is 2.00 bits per heavy atom. The Labute approximate surface area is 158 Å². The number of amides is 1. The van der Waals surface area contributed by atoms with Gasteiger partial charge in [0.1, 0.15) is 0 Å². The summed E-state index contributed by atoms with van der Waals surface area (Å²) >= 11 is 6.25.